The monoisotopic (exact) mass is 590 g/mol. The molecule has 5 aromatic rings. The van der Waals surface area contributed by atoms with Gasteiger partial charge in [0, 0.05) is 29.8 Å². The maximum Gasteiger partial charge on any atom is 0.141 e. The Kier molecular flexibility index (Phi) is 9.99. The van der Waals surface area contributed by atoms with Gasteiger partial charge >= 0.3 is 0 Å². The molecular formula is C32H32ClFN4O4. The molecule has 1 atom stereocenters. The molecule has 0 radical (unpaired) electrons. The van der Waals surface area contributed by atoms with Crippen LogP contribution in [-0.2, 0) is 13.2 Å². The number of rotatable bonds is 14. The van der Waals surface area contributed by atoms with Crippen molar-refractivity contribution in [1.29, 1.82) is 0 Å². The third kappa shape index (κ3) is 7.83. The Hall–Kier alpha value is -4.02. The van der Waals surface area contributed by atoms with Gasteiger partial charge in [-0.25, -0.2) is 14.4 Å². The van der Waals surface area contributed by atoms with E-state index in [2.05, 4.69) is 20.6 Å². The number of hydrogen-bond acceptors (Lipinski definition) is 8. The van der Waals surface area contributed by atoms with Gasteiger partial charge in [0.1, 0.15) is 41.8 Å². The highest BCUT2D eigenvalue weighted by Gasteiger charge is 2.12. The molecule has 0 aliphatic rings. The molecule has 0 fully saturated rings. The third-order valence-corrected chi connectivity index (χ3v) is 6.98. The molecule has 1 unspecified atom stereocenters. The van der Waals surface area contributed by atoms with E-state index in [-0.39, 0.29) is 19.0 Å². The van der Waals surface area contributed by atoms with Gasteiger partial charge in [0.05, 0.1) is 23.2 Å². The van der Waals surface area contributed by atoms with Crippen molar-refractivity contribution in [3.8, 4) is 17.1 Å². The number of hydrogen-bond donors (Lipinski definition) is 4. The summed E-state index contributed by atoms with van der Waals surface area (Å²) >= 11 is 6.49. The van der Waals surface area contributed by atoms with Crippen molar-refractivity contribution in [2.45, 2.75) is 38.5 Å². The lowest BCUT2D eigenvalue weighted by molar-refractivity contribution is 0.153. The number of benzene rings is 3. The van der Waals surface area contributed by atoms with Gasteiger partial charge in [0.2, 0.25) is 0 Å². The van der Waals surface area contributed by atoms with E-state index in [0.717, 1.165) is 28.6 Å². The number of nitrogens with one attached hydrogen (secondary N) is 2. The quantitative estimate of drug-likeness (QED) is 0.107. The fraction of sp³-hybridized carbons (Fsp3) is 0.250. The molecule has 10 heteroatoms. The van der Waals surface area contributed by atoms with Crippen LogP contribution >= 0.6 is 11.6 Å². The number of aliphatic hydroxyl groups is 2. The summed E-state index contributed by atoms with van der Waals surface area (Å²) in [5.74, 6) is 2.24. The predicted molar refractivity (Wildman–Crippen MR) is 161 cm³/mol. The van der Waals surface area contributed by atoms with Gasteiger partial charge < -0.3 is 30.0 Å². The fourth-order valence-electron chi connectivity index (χ4n) is 4.51. The van der Waals surface area contributed by atoms with Gasteiger partial charge in [-0.3, -0.25) is 0 Å². The molecule has 42 heavy (non-hydrogen) atoms. The van der Waals surface area contributed by atoms with E-state index >= 15 is 0 Å². The zero-order valence-corrected chi connectivity index (χ0v) is 23.6. The van der Waals surface area contributed by atoms with Gasteiger partial charge in [-0.15, -0.1) is 0 Å². The maximum absolute atomic E-state index is 13.5. The van der Waals surface area contributed by atoms with Crippen LogP contribution in [0.2, 0.25) is 5.02 Å². The van der Waals surface area contributed by atoms with E-state index in [0.29, 0.717) is 59.5 Å². The van der Waals surface area contributed by atoms with E-state index in [1.165, 1.54) is 18.5 Å². The van der Waals surface area contributed by atoms with Crippen LogP contribution in [0.25, 0.3) is 22.2 Å². The van der Waals surface area contributed by atoms with E-state index in [1.807, 2.05) is 36.4 Å². The lowest BCUT2D eigenvalue weighted by Gasteiger charge is -2.12. The van der Waals surface area contributed by atoms with Crippen LogP contribution in [0.3, 0.4) is 0 Å². The Morgan fingerprint density at radius 1 is 1.00 bits per heavy atom. The lowest BCUT2D eigenvalue weighted by atomic mass is 10.1. The minimum atomic E-state index is -0.462. The molecule has 0 aliphatic heterocycles. The number of aromatic nitrogens is 2. The molecule has 0 aliphatic carbocycles. The second kappa shape index (κ2) is 14.2. The molecule has 4 N–H and O–H groups in total. The summed E-state index contributed by atoms with van der Waals surface area (Å²) in [5.41, 5.74) is 3.06. The molecule has 5 rings (SSSR count). The van der Waals surface area contributed by atoms with Crippen LogP contribution < -0.4 is 15.4 Å². The smallest absolute Gasteiger partial charge is 0.141 e. The van der Waals surface area contributed by atoms with Crippen molar-refractivity contribution in [3.05, 3.63) is 101 Å². The van der Waals surface area contributed by atoms with Gasteiger partial charge in [-0.05, 0) is 85.5 Å². The summed E-state index contributed by atoms with van der Waals surface area (Å²) in [6.45, 7) is 1.28. The average molecular weight is 591 g/mol. The maximum atomic E-state index is 13.5. The van der Waals surface area contributed by atoms with Gasteiger partial charge in [-0.1, -0.05) is 23.7 Å². The van der Waals surface area contributed by atoms with Crippen molar-refractivity contribution in [2.24, 2.45) is 0 Å². The molecular weight excluding hydrogens is 559 g/mol. The number of unbranched alkanes of at least 4 members (excludes halogenated alkanes) is 1. The second-order valence-electron chi connectivity index (χ2n) is 9.91. The Labute approximate surface area is 248 Å². The highest BCUT2D eigenvalue weighted by atomic mass is 35.5. The summed E-state index contributed by atoms with van der Waals surface area (Å²) in [6, 6.07) is 21.2. The van der Waals surface area contributed by atoms with Crippen molar-refractivity contribution < 1.29 is 23.8 Å². The number of aliphatic hydroxyl groups excluding tert-OH is 2. The largest absolute Gasteiger partial charge is 0.487 e. The number of fused-ring (bicyclic) bond motifs is 1. The zero-order chi connectivity index (χ0) is 29.3. The van der Waals surface area contributed by atoms with Crippen molar-refractivity contribution in [1.82, 2.24) is 15.3 Å². The van der Waals surface area contributed by atoms with Gasteiger partial charge in [0.25, 0.3) is 0 Å². The van der Waals surface area contributed by atoms with Crippen LogP contribution in [0, 0.1) is 5.82 Å². The molecule has 2 heterocycles. The topological polar surface area (TPSA) is 113 Å². The highest BCUT2D eigenvalue weighted by molar-refractivity contribution is 6.32. The number of anilines is 2. The average Bonchev–Trinajstić information content (AvgIpc) is 3.46. The van der Waals surface area contributed by atoms with Crippen LogP contribution in [-0.4, -0.2) is 39.4 Å². The first-order valence-corrected chi connectivity index (χ1v) is 14.1. The second-order valence-corrected chi connectivity index (χ2v) is 10.3. The number of halogens is 2. The molecule has 0 spiro atoms. The minimum Gasteiger partial charge on any atom is -0.487 e. The SMILES string of the molecule is OCCCCC(O)CNCc1ccc(-c2ccc3ncnc(Nc4ccc(OCc5cccc(F)c5)c(Cl)c4)c3c2)o1. The first-order chi connectivity index (χ1) is 20.5. The van der Waals surface area contributed by atoms with Crippen molar-refractivity contribution in [2.75, 3.05) is 18.5 Å². The summed E-state index contributed by atoms with van der Waals surface area (Å²) < 4.78 is 25.3. The molecule has 8 nitrogen and oxygen atoms in total. The predicted octanol–water partition coefficient (Wildman–Crippen LogP) is 6.62. The van der Waals surface area contributed by atoms with Crippen LogP contribution in [0.4, 0.5) is 15.9 Å². The number of nitrogens with zero attached hydrogens (tertiary/aromatic N) is 2. The Balaban J connectivity index is 1.24. The van der Waals surface area contributed by atoms with Crippen LogP contribution in [0.15, 0.2) is 83.5 Å². The molecule has 0 saturated heterocycles. The number of ether oxygens (including phenoxy) is 1. The Morgan fingerprint density at radius 3 is 2.74 bits per heavy atom. The third-order valence-electron chi connectivity index (χ3n) is 6.68. The molecule has 3 aromatic carbocycles. The molecule has 218 valence electrons. The van der Waals surface area contributed by atoms with E-state index < -0.39 is 6.10 Å². The van der Waals surface area contributed by atoms with Crippen molar-refractivity contribution in [3.63, 3.8) is 0 Å². The summed E-state index contributed by atoms with van der Waals surface area (Å²) in [7, 11) is 0. The summed E-state index contributed by atoms with van der Waals surface area (Å²) in [4.78, 5) is 8.85. The highest BCUT2D eigenvalue weighted by Crippen LogP contribution is 2.33. The Morgan fingerprint density at radius 2 is 1.90 bits per heavy atom. The van der Waals surface area contributed by atoms with Crippen LogP contribution in [0.1, 0.15) is 30.6 Å². The van der Waals surface area contributed by atoms with Gasteiger partial charge in [-0.2, -0.15) is 0 Å². The summed E-state index contributed by atoms with van der Waals surface area (Å²) in [5, 5.41) is 26.7. The fourth-order valence-corrected chi connectivity index (χ4v) is 4.75. The first kappa shape index (κ1) is 29.5. The van der Waals surface area contributed by atoms with Crippen LogP contribution in [0.5, 0.6) is 5.75 Å². The van der Waals surface area contributed by atoms with E-state index in [9.17, 15) is 9.50 Å². The molecule has 0 bridgehead atoms. The molecule has 0 saturated carbocycles. The van der Waals surface area contributed by atoms with Crippen molar-refractivity contribution >= 4 is 34.0 Å². The number of furan rings is 1. The zero-order valence-electron chi connectivity index (χ0n) is 22.9. The Bertz CT molecular complexity index is 1630. The molecule has 2 aromatic heterocycles. The molecule has 0 amide bonds. The lowest BCUT2D eigenvalue weighted by Crippen LogP contribution is -2.26. The van der Waals surface area contributed by atoms with E-state index in [4.69, 9.17) is 25.9 Å². The minimum absolute atomic E-state index is 0.144. The van der Waals surface area contributed by atoms with Gasteiger partial charge in [0.15, 0.2) is 0 Å². The normalized spacial score (nSPS) is 12.0. The first-order valence-electron chi connectivity index (χ1n) is 13.8. The standard InChI is InChI=1S/C32H32ClFN4O4/c33-28-16-24(8-11-31(28)41-19-21-4-3-5-23(34)14-21)38-32-27-15-22(7-10-29(27)36-20-37-32)30-12-9-26(42-30)18-35-17-25(40)6-1-2-13-39/h3-5,7-12,14-16,20,25,35,39-40H,1-2,6,13,17-19H2,(H,36,37,38). The summed E-state index contributed by atoms with van der Waals surface area (Å²) in [6.07, 6.45) is 3.17. The van der Waals surface area contributed by atoms with E-state index in [1.54, 1.807) is 24.3 Å².